The Labute approximate surface area is 189 Å². The number of alkyl carbamates (subject to hydrolysis) is 1. The molecule has 3 N–H and O–H groups in total. The third-order valence-electron chi connectivity index (χ3n) is 5.35. The van der Waals surface area contributed by atoms with Gasteiger partial charge in [0.05, 0.1) is 6.04 Å². The summed E-state index contributed by atoms with van der Waals surface area (Å²) in [7, 11) is 0. The molecule has 1 saturated heterocycles. The maximum Gasteiger partial charge on any atom is 0.408 e. The summed E-state index contributed by atoms with van der Waals surface area (Å²) < 4.78 is 5.60. The van der Waals surface area contributed by atoms with E-state index < -0.39 is 29.7 Å². The van der Waals surface area contributed by atoms with Crippen LogP contribution in [0.25, 0.3) is 0 Å². The maximum absolute atomic E-state index is 12.9. The van der Waals surface area contributed by atoms with Gasteiger partial charge in [-0.05, 0) is 44.6 Å². The summed E-state index contributed by atoms with van der Waals surface area (Å²) >= 11 is 0. The molecule has 0 aromatic heterocycles. The average molecular weight is 446 g/mol. The number of hydrogen-bond donors (Lipinski definition) is 3. The molecule has 0 spiro atoms. The molecular weight excluding hydrogens is 410 g/mol. The first-order valence-corrected chi connectivity index (χ1v) is 11.2. The summed E-state index contributed by atoms with van der Waals surface area (Å²) in [6.45, 7) is 8.07. The molecule has 0 bridgehead atoms. The Bertz CT molecular complexity index is 794. The van der Waals surface area contributed by atoms with Crippen molar-refractivity contribution in [3.63, 3.8) is 0 Å². The molecule has 2 rings (SSSR count). The van der Waals surface area contributed by atoms with Crippen molar-refractivity contribution in [2.45, 2.75) is 71.1 Å². The molecule has 1 aliphatic heterocycles. The molecule has 1 fully saturated rings. The molecule has 0 saturated carbocycles. The molecule has 2 unspecified atom stereocenters. The molecule has 3 atom stereocenters. The molecular formula is C24H35N3O5. The Balaban J connectivity index is 1.96. The van der Waals surface area contributed by atoms with Crippen molar-refractivity contribution in [1.82, 2.24) is 16.0 Å². The molecule has 0 radical (unpaired) electrons. The fourth-order valence-corrected chi connectivity index (χ4v) is 3.86. The zero-order valence-corrected chi connectivity index (χ0v) is 19.4. The summed E-state index contributed by atoms with van der Waals surface area (Å²) in [5.74, 6) is -0.747. The van der Waals surface area contributed by atoms with Gasteiger partial charge in [-0.15, -0.1) is 0 Å². The quantitative estimate of drug-likeness (QED) is 0.453. The van der Waals surface area contributed by atoms with Crippen molar-refractivity contribution >= 4 is 24.2 Å². The van der Waals surface area contributed by atoms with Gasteiger partial charge in [0.15, 0.2) is 0 Å². The van der Waals surface area contributed by atoms with E-state index in [-0.39, 0.29) is 24.2 Å². The number of aldehydes is 1. The number of carbonyl (C=O) groups is 4. The lowest BCUT2D eigenvalue weighted by molar-refractivity contribution is -0.127. The SMILES string of the molecule is CC(C)CC(NC(=O)OC(C)(C)Cc1ccccc1)C(=O)NC(C=O)C[C@@H]1CCNC1=O. The average Bonchev–Trinajstić information content (AvgIpc) is 3.10. The van der Waals surface area contributed by atoms with E-state index in [9.17, 15) is 19.2 Å². The van der Waals surface area contributed by atoms with Crippen LogP contribution in [0.1, 0.15) is 52.5 Å². The van der Waals surface area contributed by atoms with Crippen LogP contribution in [0.4, 0.5) is 4.79 Å². The normalized spacial score (nSPS) is 17.9. The minimum Gasteiger partial charge on any atom is -0.443 e. The largest absolute Gasteiger partial charge is 0.443 e. The number of benzene rings is 1. The van der Waals surface area contributed by atoms with Gasteiger partial charge in [0, 0.05) is 18.9 Å². The summed E-state index contributed by atoms with van der Waals surface area (Å²) in [6.07, 6.45) is 1.73. The van der Waals surface area contributed by atoms with Crippen LogP contribution in [0.2, 0.25) is 0 Å². The molecule has 1 heterocycles. The van der Waals surface area contributed by atoms with Crippen LogP contribution in [0.3, 0.4) is 0 Å². The highest BCUT2D eigenvalue weighted by molar-refractivity contribution is 5.88. The van der Waals surface area contributed by atoms with Gasteiger partial charge in [-0.3, -0.25) is 9.59 Å². The highest BCUT2D eigenvalue weighted by atomic mass is 16.6. The van der Waals surface area contributed by atoms with E-state index in [4.69, 9.17) is 4.74 Å². The highest BCUT2D eigenvalue weighted by Crippen LogP contribution is 2.18. The predicted octanol–water partition coefficient (Wildman–Crippen LogP) is 2.36. The molecule has 8 heteroatoms. The van der Waals surface area contributed by atoms with Gasteiger partial charge in [-0.2, -0.15) is 0 Å². The number of amides is 3. The van der Waals surface area contributed by atoms with Gasteiger partial charge >= 0.3 is 6.09 Å². The molecule has 8 nitrogen and oxygen atoms in total. The fraction of sp³-hybridized carbons (Fsp3) is 0.583. The lowest BCUT2D eigenvalue weighted by Gasteiger charge is -2.28. The van der Waals surface area contributed by atoms with Gasteiger partial charge in [0.1, 0.15) is 17.9 Å². The van der Waals surface area contributed by atoms with E-state index >= 15 is 0 Å². The molecule has 3 amide bonds. The Morgan fingerprint density at radius 3 is 2.47 bits per heavy atom. The topological polar surface area (TPSA) is 114 Å². The van der Waals surface area contributed by atoms with Crippen molar-refractivity contribution < 1.29 is 23.9 Å². The van der Waals surface area contributed by atoms with Crippen molar-refractivity contribution in [3.05, 3.63) is 35.9 Å². The van der Waals surface area contributed by atoms with Crippen molar-refractivity contribution in [2.75, 3.05) is 6.54 Å². The lowest BCUT2D eigenvalue weighted by Crippen LogP contribution is -2.52. The Hall–Kier alpha value is -2.90. The van der Waals surface area contributed by atoms with Crippen LogP contribution in [-0.2, 0) is 25.5 Å². The van der Waals surface area contributed by atoms with Crippen LogP contribution in [0.15, 0.2) is 30.3 Å². The number of nitrogens with one attached hydrogen (secondary N) is 3. The summed E-state index contributed by atoms with van der Waals surface area (Å²) in [5.41, 5.74) is 0.261. The van der Waals surface area contributed by atoms with E-state index in [2.05, 4.69) is 16.0 Å². The third kappa shape index (κ3) is 8.32. The van der Waals surface area contributed by atoms with Crippen molar-refractivity contribution in [3.8, 4) is 0 Å². The van der Waals surface area contributed by atoms with Crippen LogP contribution in [-0.4, -0.2) is 48.4 Å². The molecule has 176 valence electrons. The van der Waals surface area contributed by atoms with Gasteiger partial charge in [0.25, 0.3) is 0 Å². The Morgan fingerprint density at radius 2 is 1.91 bits per heavy atom. The molecule has 1 aliphatic rings. The van der Waals surface area contributed by atoms with E-state index in [1.807, 2.05) is 58.0 Å². The highest BCUT2D eigenvalue weighted by Gasteiger charge is 2.31. The third-order valence-corrected chi connectivity index (χ3v) is 5.35. The predicted molar refractivity (Wildman–Crippen MR) is 121 cm³/mol. The minimum absolute atomic E-state index is 0.104. The van der Waals surface area contributed by atoms with Crippen LogP contribution in [0, 0.1) is 11.8 Å². The second-order valence-corrected chi connectivity index (χ2v) is 9.40. The van der Waals surface area contributed by atoms with Crippen molar-refractivity contribution in [1.29, 1.82) is 0 Å². The first-order chi connectivity index (χ1) is 15.1. The van der Waals surface area contributed by atoms with Crippen molar-refractivity contribution in [2.24, 2.45) is 11.8 Å². The van der Waals surface area contributed by atoms with Gasteiger partial charge < -0.3 is 25.5 Å². The molecule has 1 aromatic carbocycles. The van der Waals surface area contributed by atoms with Crippen LogP contribution >= 0.6 is 0 Å². The monoisotopic (exact) mass is 445 g/mol. The zero-order valence-electron chi connectivity index (χ0n) is 19.4. The van der Waals surface area contributed by atoms with Gasteiger partial charge in [-0.1, -0.05) is 44.2 Å². The van der Waals surface area contributed by atoms with Crippen LogP contribution in [0.5, 0.6) is 0 Å². The Kier molecular flexibility index (Phi) is 9.23. The number of ether oxygens (including phenoxy) is 1. The summed E-state index contributed by atoms with van der Waals surface area (Å²) in [4.78, 5) is 48.7. The number of hydrogen-bond acceptors (Lipinski definition) is 5. The zero-order chi connectivity index (χ0) is 23.7. The second kappa shape index (κ2) is 11.6. The fourth-order valence-electron chi connectivity index (χ4n) is 3.86. The van der Waals surface area contributed by atoms with Gasteiger partial charge in [0.2, 0.25) is 11.8 Å². The van der Waals surface area contributed by atoms with E-state index in [1.54, 1.807) is 0 Å². The summed E-state index contributed by atoms with van der Waals surface area (Å²) in [6, 6.07) is 8.04. The van der Waals surface area contributed by atoms with Crippen LogP contribution < -0.4 is 16.0 Å². The second-order valence-electron chi connectivity index (χ2n) is 9.40. The minimum atomic E-state index is -0.852. The van der Waals surface area contributed by atoms with E-state index in [1.165, 1.54) is 0 Å². The number of carbonyl (C=O) groups excluding carboxylic acids is 4. The first kappa shape index (κ1) is 25.4. The number of rotatable bonds is 11. The first-order valence-electron chi connectivity index (χ1n) is 11.2. The standard InChI is InChI=1S/C24H35N3O5/c1-16(2)12-20(22(30)26-19(15-28)13-18-10-11-25-21(18)29)27-23(31)32-24(3,4)14-17-8-6-5-7-9-17/h5-9,15-16,18-20H,10-14H2,1-4H3,(H,25,29)(H,26,30)(H,27,31)/t18-,19?,20?/m0/s1. The lowest BCUT2D eigenvalue weighted by atomic mass is 9.98. The maximum atomic E-state index is 12.9. The summed E-state index contributed by atoms with van der Waals surface area (Å²) in [5, 5.41) is 8.05. The van der Waals surface area contributed by atoms with Gasteiger partial charge in [-0.25, -0.2) is 4.79 Å². The molecule has 0 aliphatic carbocycles. The molecule has 32 heavy (non-hydrogen) atoms. The Morgan fingerprint density at radius 1 is 1.22 bits per heavy atom. The molecule has 1 aromatic rings. The van der Waals surface area contributed by atoms with E-state index in [0.717, 1.165) is 5.56 Å². The smallest absolute Gasteiger partial charge is 0.408 e. The van der Waals surface area contributed by atoms with E-state index in [0.29, 0.717) is 32.1 Å².